The minimum Gasteiger partial charge on any atom is -0.473 e. The Hall–Kier alpha value is -1.83. The van der Waals surface area contributed by atoms with Crippen LogP contribution in [0.4, 0.5) is 0 Å². The molecular formula is C12H10NO. The van der Waals surface area contributed by atoms with Gasteiger partial charge in [0.15, 0.2) is 0 Å². The molecule has 1 heterocycles. The summed E-state index contributed by atoms with van der Waals surface area (Å²) in [6.07, 6.45) is 2.72. The number of pyridine rings is 1. The smallest absolute Gasteiger partial charge is 0.214 e. The third kappa shape index (κ3) is 2.33. The molecule has 2 heteroatoms. The van der Waals surface area contributed by atoms with Gasteiger partial charge in [-0.2, -0.15) is 0 Å². The highest BCUT2D eigenvalue weighted by Gasteiger charge is 1.94. The lowest BCUT2D eigenvalue weighted by molar-refractivity contribution is 0.293. The van der Waals surface area contributed by atoms with E-state index in [-0.39, 0.29) is 0 Å². The summed E-state index contributed by atoms with van der Waals surface area (Å²) in [5.41, 5.74) is 1.14. The molecule has 1 aromatic carbocycles. The minimum absolute atomic E-state index is 0.547. The van der Waals surface area contributed by atoms with Crippen LogP contribution in [0, 0.1) is 6.20 Å². The maximum absolute atomic E-state index is 5.45. The predicted molar refractivity (Wildman–Crippen MR) is 53.8 cm³/mol. The molecule has 2 rings (SSSR count). The van der Waals surface area contributed by atoms with Crippen molar-refractivity contribution < 1.29 is 4.74 Å². The average Bonchev–Trinajstić information content (AvgIpc) is 2.29. The van der Waals surface area contributed by atoms with Gasteiger partial charge in [0.05, 0.1) is 6.20 Å². The zero-order chi connectivity index (χ0) is 9.64. The van der Waals surface area contributed by atoms with Crippen molar-refractivity contribution >= 4 is 0 Å². The summed E-state index contributed by atoms with van der Waals surface area (Å²) in [7, 11) is 0. The molecule has 2 aromatic rings. The molecule has 0 bridgehead atoms. The fraction of sp³-hybridized carbons (Fsp3) is 0.0833. The molecule has 0 spiro atoms. The van der Waals surface area contributed by atoms with Crippen LogP contribution in [-0.4, -0.2) is 4.98 Å². The molecule has 1 radical (unpaired) electrons. The molecule has 0 unspecified atom stereocenters. The second-order valence-electron chi connectivity index (χ2n) is 2.88. The Morgan fingerprint density at radius 3 is 2.64 bits per heavy atom. The monoisotopic (exact) mass is 184 g/mol. The van der Waals surface area contributed by atoms with Gasteiger partial charge in [-0.15, -0.1) is 0 Å². The van der Waals surface area contributed by atoms with E-state index in [1.54, 1.807) is 6.07 Å². The van der Waals surface area contributed by atoms with E-state index in [0.29, 0.717) is 12.5 Å². The van der Waals surface area contributed by atoms with Gasteiger partial charge in [-0.05, 0) is 11.6 Å². The first-order valence-corrected chi connectivity index (χ1v) is 4.45. The molecule has 0 fully saturated rings. The topological polar surface area (TPSA) is 22.1 Å². The van der Waals surface area contributed by atoms with Crippen LogP contribution in [0.3, 0.4) is 0 Å². The first-order valence-electron chi connectivity index (χ1n) is 4.45. The standard InChI is InChI=1S/C12H10NO/c1-2-6-11(7-3-1)10-14-12-8-4-5-9-13-12/h1-8H,10H2. The third-order valence-electron chi connectivity index (χ3n) is 1.81. The van der Waals surface area contributed by atoms with E-state index in [9.17, 15) is 0 Å². The number of ether oxygens (including phenoxy) is 1. The van der Waals surface area contributed by atoms with Crippen LogP contribution in [0.5, 0.6) is 5.88 Å². The van der Waals surface area contributed by atoms with E-state index in [1.165, 1.54) is 0 Å². The average molecular weight is 184 g/mol. The van der Waals surface area contributed by atoms with Crippen LogP contribution in [0.1, 0.15) is 5.56 Å². The third-order valence-corrected chi connectivity index (χ3v) is 1.81. The molecule has 0 aliphatic heterocycles. The highest BCUT2D eigenvalue weighted by atomic mass is 16.5. The van der Waals surface area contributed by atoms with Gasteiger partial charge in [-0.3, -0.25) is 0 Å². The number of benzene rings is 1. The number of rotatable bonds is 3. The summed E-state index contributed by atoms with van der Waals surface area (Å²) in [5.74, 6) is 0.608. The Balaban J connectivity index is 1.96. The summed E-state index contributed by atoms with van der Waals surface area (Å²) in [4.78, 5) is 3.95. The Labute approximate surface area is 83.2 Å². The molecule has 0 saturated heterocycles. The van der Waals surface area contributed by atoms with E-state index in [4.69, 9.17) is 4.74 Å². The van der Waals surface area contributed by atoms with Crippen molar-refractivity contribution in [2.45, 2.75) is 6.61 Å². The lowest BCUT2D eigenvalue weighted by atomic mass is 10.2. The maximum Gasteiger partial charge on any atom is 0.214 e. The van der Waals surface area contributed by atoms with Gasteiger partial charge in [-0.25, -0.2) is 4.98 Å². The van der Waals surface area contributed by atoms with Crippen molar-refractivity contribution in [2.75, 3.05) is 0 Å². The van der Waals surface area contributed by atoms with Crippen LogP contribution >= 0.6 is 0 Å². The van der Waals surface area contributed by atoms with Gasteiger partial charge >= 0.3 is 0 Å². The molecule has 0 aliphatic rings. The summed E-state index contributed by atoms with van der Waals surface area (Å²) >= 11 is 0. The van der Waals surface area contributed by atoms with Crippen LogP contribution in [0.15, 0.2) is 48.5 Å². The first kappa shape index (κ1) is 8.75. The van der Waals surface area contributed by atoms with E-state index in [1.807, 2.05) is 42.5 Å². The molecule has 0 aliphatic carbocycles. The number of aromatic nitrogens is 1. The highest BCUT2D eigenvalue weighted by molar-refractivity contribution is 5.15. The van der Waals surface area contributed by atoms with E-state index in [0.717, 1.165) is 5.56 Å². The minimum atomic E-state index is 0.547. The second kappa shape index (κ2) is 4.42. The molecule has 14 heavy (non-hydrogen) atoms. The Morgan fingerprint density at radius 1 is 1.07 bits per heavy atom. The SMILES string of the molecule is [c]1cccc(OCc2ccccc2)n1. The van der Waals surface area contributed by atoms with Crippen LogP contribution in [0.2, 0.25) is 0 Å². The molecule has 0 amide bonds. The fourth-order valence-electron chi connectivity index (χ4n) is 1.12. The quantitative estimate of drug-likeness (QED) is 0.731. The molecule has 0 atom stereocenters. The summed E-state index contributed by atoms with van der Waals surface area (Å²) in [5, 5.41) is 0. The lowest BCUT2D eigenvalue weighted by Gasteiger charge is -2.03. The van der Waals surface area contributed by atoms with Crippen molar-refractivity contribution in [2.24, 2.45) is 0 Å². The van der Waals surface area contributed by atoms with Crippen molar-refractivity contribution in [1.29, 1.82) is 0 Å². The lowest BCUT2D eigenvalue weighted by Crippen LogP contribution is -1.96. The largest absolute Gasteiger partial charge is 0.473 e. The second-order valence-corrected chi connectivity index (χ2v) is 2.88. The highest BCUT2D eigenvalue weighted by Crippen LogP contribution is 2.07. The Kier molecular flexibility index (Phi) is 2.76. The molecule has 1 aromatic heterocycles. The number of hydrogen-bond acceptors (Lipinski definition) is 2. The van der Waals surface area contributed by atoms with Crippen molar-refractivity contribution in [3.05, 3.63) is 60.3 Å². The predicted octanol–water partition coefficient (Wildman–Crippen LogP) is 2.46. The van der Waals surface area contributed by atoms with E-state index >= 15 is 0 Å². The zero-order valence-electron chi connectivity index (χ0n) is 7.68. The van der Waals surface area contributed by atoms with Crippen LogP contribution < -0.4 is 4.74 Å². The van der Waals surface area contributed by atoms with E-state index in [2.05, 4.69) is 11.2 Å². The van der Waals surface area contributed by atoms with Crippen LogP contribution in [-0.2, 0) is 6.61 Å². The molecule has 0 saturated carbocycles. The molecule has 69 valence electrons. The maximum atomic E-state index is 5.45. The van der Waals surface area contributed by atoms with Crippen molar-refractivity contribution in [3.63, 3.8) is 0 Å². The molecular weight excluding hydrogens is 174 g/mol. The van der Waals surface area contributed by atoms with Crippen LogP contribution in [0.25, 0.3) is 0 Å². The summed E-state index contributed by atoms with van der Waals surface area (Å²) < 4.78 is 5.45. The Bertz CT molecular complexity index is 333. The van der Waals surface area contributed by atoms with Gasteiger partial charge in [0.25, 0.3) is 0 Å². The van der Waals surface area contributed by atoms with Crippen molar-refractivity contribution in [1.82, 2.24) is 4.98 Å². The summed E-state index contributed by atoms with van der Waals surface area (Å²) in [6.45, 7) is 0.547. The first-order chi connectivity index (χ1) is 6.95. The van der Waals surface area contributed by atoms with Gasteiger partial charge in [0, 0.05) is 6.07 Å². The molecule has 2 nitrogen and oxygen atoms in total. The number of nitrogens with zero attached hydrogens (tertiary/aromatic N) is 1. The fourth-order valence-corrected chi connectivity index (χ4v) is 1.12. The van der Waals surface area contributed by atoms with Gasteiger partial charge < -0.3 is 4.74 Å². The zero-order valence-corrected chi connectivity index (χ0v) is 7.68. The van der Waals surface area contributed by atoms with Gasteiger partial charge in [-0.1, -0.05) is 36.4 Å². The van der Waals surface area contributed by atoms with Gasteiger partial charge in [0.1, 0.15) is 6.61 Å². The van der Waals surface area contributed by atoms with Gasteiger partial charge in [0.2, 0.25) is 5.88 Å². The number of hydrogen-bond donors (Lipinski definition) is 0. The normalized spacial score (nSPS) is 9.71. The summed E-state index contributed by atoms with van der Waals surface area (Å²) in [6, 6.07) is 15.4. The van der Waals surface area contributed by atoms with E-state index < -0.39 is 0 Å². The Morgan fingerprint density at radius 2 is 1.93 bits per heavy atom. The van der Waals surface area contributed by atoms with Crippen molar-refractivity contribution in [3.8, 4) is 5.88 Å². The molecule has 0 N–H and O–H groups in total.